The van der Waals surface area contributed by atoms with Gasteiger partial charge in [-0.25, -0.2) is 4.79 Å². The van der Waals surface area contributed by atoms with Crippen molar-refractivity contribution >= 4 is 5.97 Å². The molecule has 8 heteroatoms. The Hall–Kier alpha value is -0.530. The average molecular weight is 197 g/mol. The molecule has 0 amide bonds. The Labute approximate surface area is 96.4 Å². The van der Waals surface area contributed by atoms with Crippen LogP contribution in [0.25, 0.3) is 0 Å². The third-order valence-corrected chi connectivity index (χ3v) is 1.80. The molecule has 0 aliphatic carbocycles. The molecule has 7 nitrogen and oxygen atoms in total. The van der Waals surface area contributed by atoms with E-state index >= 15 is 0 Å². The standard InChI is InChI=1S/C5H9N3O4.Na/c9-5(10)4-2-1-3-7(4)8(12)6-11;/h4,11H,1-3H2,(H,9,10);/q;+1/p-1/b8-6-;. The first-order valence-corrected chi connectivity index (χ1v) is 3.46. The van der Waals surface area contributed by atoms with E-state index in [1.165, 1.54) is 0 Å². The molecule has 1 heterocycles. The van der Waals surface area contributed by atoms with Crippen LogP contribution in [-0.4, -0.2) is 33.6 Å². The molecule has 1 fully saturated rings. The van der Waals surface area contributed by atoms with Crippen molar-refractivity contribution < 1.29 is 44.4 Å². The Kier molecular flexibility index (Phi) is 5.04. The number of nitrogens with zero attached hydrogens (tertiary/aromatic N) is 3. The first-order chi connectivity index (χ1) is 5.66. The predicted molar refractivity (Wildman–Crippen MR) is 36.8 cm³/mol. The number of aliphatic carboxylic acids is 1. The molecule has 0 radical (unpaired) electrons. The molecule has 0 saturated carbocycles. The smallest absolute Gasteiger partial charge is 0.737 e. The second kappa shape index (κ2) is 5.25. The van der Waals surface area contributed by atoms with Crippen LogP contribution in [0.3, 0.4) is 0 Å². The van der Waals surface area contributed by atoms with Gasteiger partial charge in [0.25, 0.3) is 0 Å². The summed E-state index contributed by atoms with van der Waals surface area (Å²) in [6.45, 7) is 0.270. The fourth-order valence-electron chi connectivity index (χ4n) is 1.25. The summed E-state index contributed by atoms with van der Waals surface area (Å²) >= 11 is 0. The van der Waals surface area contributed by atoms with Gasteiger partial charge >= 0.3 is 35.5 Å². The van der Waals surface area contributed by atoms with Crippen LogP contribution in [0, 0.1) is 10.4 Å². The third kappa shape index (κ3) is 2.71. The molecule has 1 aliphatic heterocycles. The van der Waals surface area contributed by atoms with Crippen LogP contribution in [0.2, 0.25) is 0 Å². The maximum atomic E-state index is 10.6. The van der Waals surface area contributed by atoms with Crippen molar-refractivity contribution in [2.75, 3.05) is 6.54 Å². The van der Waals surface area contributed by atoms with Gasteiger partial charge in [0.2, 0.25) is 0 Å². The van der Waals surface area contributed by atoms with Crippen molar-refractivity contribution in [2.24, 2.45) is 5.28 Å². The second-order valence-corrected chi connectivity index (χ2v) is 2.49. The molecular formula is C5H8N3NaO4. The zero-order valence-electron chi connectivity index (χ0n) is 7.21. The molecule has 1 saturated heterocycles. The van der Waals surface area contributed by atoms with E-state index in [0.717, 1.165) is 5.01 Å². The van der Waals surface area contributed by atoms with Gasteiger partial charge in [-0.05, 0) is 18.1 Å². The van der Waals surface area contributed by atoms with Gasteiger partial charge in [0.05, 0.1) is 6.54 Å². The van der Waals surface area contributed by atoms with Crippen LogP contribution in [0.5, 0.6) is 0 Å². The Morgan fingerprint density at radius 1 is 1.69 bits per heavy atom. The van der Waals surface area contributed by atoms with E-state index in [4.69, 9.17) is 5.11 Å². The van der Waals surface area contributed by atoms with Crippen molar-refractivity contribution in [1.82, 2.24) is 5.01 Å². The number of hydrogen-bond donors (Lipinski definition) is 1. The average Bonchev–Trinajstić information content (AvgIpc) is 2.50. The van der Waals surface area contributed by atoms with Gasteiger partial charge < -0.3 is 15.5 Å². The van der Waals surface area contributed by atoms with Gasteiger partial charge in [0, 0.05) is 4.97 Å². The van der Waals surface area contributed by atoms with E-state index in [-0.39, 0.29) is 41.1 Å². The molecular weight excluding hydrogens is 189 g/mol. The van der Waals surface area contributed by atoms with Crippen molar-refractivity contribution in [3.8, 4) is 0 Å². The fourth-order valence-corrected chi connectivity index (χ4v) is 1.25. The number of hydrogen-bond acceptors (Lipinski definition) is 4. The van der Waals surface area contributed by atoms with E-state index in [1.54, 1.807) is 0 Å². The molecule has 1 aliphatic rings. The zero-order valence-corrected chi connectivity index (χ0v) is 9.21. The van der Waals surface area contributed by atoms with Gasteiger partial charge in [0.1, 0.15) is 0 Å². The van der Waals surface area contributed by atoms with E-state index in [0.29, 0.717) is 12.8 Å². The van der Waals surface area contributed by atoms with Gasteiger partial charge in [-0.15, -0.1) is 5.01 Å². The van der Waals surface area contributed by atoms with Crippen LogP contribution < -0.4 is 29.6 Å². The molecule has 13 heavy (non-hydrogen) atoms. The number of carboxylic acid groups (broad SMARTS) is 1. The van der Waals surface area contributed by atoms with E-state index in [2.05, 4.69) is 5.28 Å². The number of hydrazine groups is 1. The van der Waals surface area contributed by atoms with E-state index in [1.807, 2.05) is 0 Å². The summed E-state index contributed by atoms with van der Waals surface area (Å²) in [5.41, 5.74) is 0. The van der Waals surface area contributed by atoms with Gasteiger partial charge in [0.15, 0.2) is 6.04 Å². The Morgan fingerprint density at radius 3 is 2.77 bits per heavy atom. The van der Waals surface area contributed by atoms with Crippen molar-refractivity contribution in [3.05, 3.63) is 10.4 Å². The molecule has 68 valence electrons. The quantitative estimate of drug-likeness (QED) is 0.219. The molecule has 1 atom stereocenters. The van der Waals surface area contributed by atoms with Crippen molar-refractivity contribution in [3.63, 3.8) is 0 Å². The first-order valence-electron chi connectivity index (χ1n) is 3.46. The number of carboxylic acids is 1. The fraction of sp³-hybridized carbons (Fsp3) is 0.800. The normalized spacial score (nSPS) is 22.6. The summed E-state index contributed by atoms with van der Waals surface area (Å²) in [7, 11) is 0. The maximum Gasteiger partial charge on any atom is 1.00 e. The summed E-state index contributed by atoms with van der Waals surface area (Å²) in [5, 5.41) is 32.0. The molecule has 0 spiro atoms. The minimum atomic E-state index is -1.10. The first kappa shape index (κ1) is 12.5. The topological polar surface area (TPSA) is 102 Å². The van der Waals surface area contributed by atoms with E-state index < -0.39 is 12.0 Å². The minimum Gasteiger partial charge on any atom is -0.737 e. The van der Waals surface area contributed by atoms with E-state index in [9.17, 15) is 15.2 Å². The molecule has 1 N–H and O–H groups in total. The maximum absolute atomic E-state index is 10.6. The SMILES string of the molecule is O=C(O)C1CCCN1/[N+]([O-])=N/[O-].[Na+]. The molecule has 1 rings (SSSR count). The van der Waals surface area contributed by atoms with Crippen molar-refractivity contribution in [1.29, 1.82) is 0 Å². The predicted octanol–water partition coefficient (Wildman–Crippen LogP) is -3.09. The Bertz CT molecular complexity index is 222. The molecule has 0 aromatic rings. The van der Waals surface area contributed by atoms with Crippen LogP contribution in [0.1, 0.15) is 12.8 Å². The minimum absolute atomic E-state index is 0. The van der Waals surface area contributed by atoms with Crippen LogP contribution in [-0.2, 0) is 4.79 Å². The van der Waals surface area contributed by atoms with Crippen LogP contribution >= 0.6 is 0 Å². The monoisotopic (exact) mass is 197 g/mol. The summed E-state index contributed by atoms with van der Waals surface area (Å²) < 4.78 is 0. The van der Waals surface area contributed by atoms with Gasteiger partial charge in [-0.2, -0.15) is 0 Å². The number of carbonyl (C=O) groups is 1. The van der Waals surface area contributed by atoms with Gasteiger partial charge in [-0.1, -0.05) is 0 Å². The van der Waals surface area contributed by atoms with Crippen LogP contribution in [0.4, 0.5) is 0 Å². The van der Waals surface area contributed by atoms with Crippen LogP contribution in [0.15, 0.2) is 5.28 Å². The summed E-state index contributed by atoms with van der Waals surface area (Å²) in [6, 6.07) is -0.903. The summed E-state index contributed by atoms with van der Waals surface area (Å²) in [4.78, 5) is 10.3. The number of rotatable bonds is 2. The van der Waals surface area contributed by atoms with Gasteiger partial charge in [-0.3, -0.25) is 0 Å². The molecule has 0 aromatic carbocycles. The zero-order chi connectivity index (χ0) is 9.14. The summed E-state index contributed by atoms with van der Waals surface area (Å²) in [6.07, 6.45) is 0.967. The Morgan fingerprint density at radius 2 is 2.31 bits per heavy atom. The largest absolute Gasteiger partial charge is 1.00 e. The molecule has 0 aromatic heterocycles. The second-order valence-electron chi connectivity index (χ2n) is 2.49. The van der Waals surface area contributed by atoms with Crippen molar-refractivity contribution in [2.45, 2.75) is 18.9 Å². The molecule has 0 bridgehead atoms. The summed E-state index contributed by atoms with van der Waals surface area (Å²) in [5.74, 6) is -1.10. The molecule has 1 unspecified atom stereocenters. The third-order valence-electron chi connectivity index (χ3n) is 1.80. The Balaban J connectivity index is 0.00000144.